The Morgan fingerprint density at radius 3 is 2.57 bits per heavy atom. The lowest BCUT2D eigenvalue weighted by Crippen LogP contribution is -2.49. The second-order valence-corrected chi connectivity index (χ2v) is 6.14. The molecule has 1 aliphatic heterocycles. The van der Waals surface area contributed by atoms with Crippen LogP contribution >= 0.6 is 0 Å². The Hall–Kier alpha value is -1.84. The molecule has 4 nitrogen and oxygen atoms in total. The highest BCUT2D eigenvalue weighted by molar-refractivity contribution is 5.97. The van der Waals surface area contributed by atoms with Gasteiger partial charge in [0, 0.05) is 18.2 Å². The number of rotatable bonds is 2. The number of piperidine rings is 1. The number of nitrogens with zero attached hydrogens (tertiary/aromatic N) is 1. The fourth-order valence-electron chi connectivity index (χ4n) is 3.83. The average Bonchev–Trinajstić information content (AvgIpc) is 2.53. The molecule has 1 amide bonds. The molecule has 0 unspecified atom stereocenters. The predicted molar refractivity (Wildman–Crippen MR) is 79.4 cm³/mol. The Bertz CT molecular complexity index is 553. The first-order chi connectivity index (χ1) is 10.2. The van der Waals surface area contributed by atoms with E-state index >= 15 is 0 Å². The van der Waals surface area contributed by atoms with E-state index in [1.807, 2.05) is 4.90 Å². The first kappa shape index (κ1) is 14.1. The average molecular weight is 287 g/mol. The third-order valence-corrected chi connectivity index (χ3v) is 4.86. The number of likely N-dealkylation sites (tertiary alicyclic amines) is 1. The largest absolute Gasteiger partial charge is 0.478 e. The number of carbonyl (C=O) groups excluding carboxylic acids is 1. The van der Waals surface area contributed by atoms with Gasteiger partial charge in [-0.05, 0) is 49.8 Å². The fraction of sp³-hybridized carbons (Fsp3) is 0.529. The lowest BCUT2D eigenvalue weighted by Gasteiger charge is -2.44. The predicted octanol–water partition coefficient (Wildman–Crippen LogP) is 3.18. The molecule has 2 aliphatic rings. The number of carbonyl (C=O) groups is 2. The summed E-state index contributed by atoms with van der Waals surface area (Å²) in [6.45, 7) is 0.803. The van der Waals surface area contributed by atoms with Crippen molar-refractivity contribution in [1.82, 2.24) is 4.90 Å². The van der Waals surface area contributed by atoms with E-state index in [9.17, 15) is 9.59 Å². The molecule has 1 aliphatic carbocycles. The van der Waals surface area contributed by atoms with Crippen LogP contribution in [-0.4, -0.2) is 34.5 Å². The Kier molecular flexibility index (Phi) is 3.95. The summed E-state index contributed by atoms with van der Waals surface area (Å²) in [7, 11) is 0. The minimum absolute atomic E-state index is 0.00491. The van der Waals surface area contributed by atoms with E-state index in [-0.39, 0.29) is 11.5 Å². The highest BCUT2D eigenvalue weighted by Gasteiger charge is 2.35. The quantitative estimate of drug-likeness (QED) is 0.909. The summed E-state index contributed by atoms with van der Waals surface area (Å²) >= 11 is 0. The lowest BCUT2D eigenvalue weighted by atomic mass is 9.78. The van der Waals surface area contributed by atoms with Crippen molar-refractivity contribution in [3.05, 3.63) is 35.4 Å². The van der Waals surface area contributed by atoms with E-state index in [4.69, 9.17) is 5.11 Å². The van der Waals surface area contributed by atoms with Crippen LogP contribution in [0.2, 0.25) is 0 Å². The highest BCUT2D eigenvalue weighted by Crippen LogP contribution is 2.35. The summed E-state index contributed by atoms with van der Waals surface area (Å²) in [5, 5.41) is 9.06. The number of benzene rings is 1. The number of carboxylic acids is 1. The SMILES string of the molecule is O=C(O)c1cccc(C(=O)N2CCC[C@H]3CCCC[C@H]32)c1. The van der Waals surface area contributed by atoms with Crippen LogP contribution in [0, 0.1) is 5.92 Å². The number of fused-ring (bicyclic) bond motifs is 1. The highest BCUT2D eigenvalue weighted by atomic mass is 16.4. The van der Waals surface area contributed by atoms with Crippen LogP contribution in [0.3, 0.4) is 0 Å². The van der Waals surface area contributed by atoms with Gasteiger partial charge in [-0.1, -0.05) is 18.9 Å². The first-order valence-corrected chi connectivity index (χ1v) is 7.81. The standard InChI is InChI=1S/C17H21NO3/c19-16(13-6-3-7-14(11-13)17(20)21)18-10-4-8-12-5-1-2-9-15(12)18/h3,6-7,11-12,15H,1-2,4-5,8-10H2,(H,20,21)/t12-,15-/m1/s1. The molecule has 3 rings (SSSR count). The van der Waals surface area contributed by atoms with Gasteiger partial charge < -0.3 is 10.0 Å². The van der Waals surface area contributed by atoms with Crippen LogP contribution in [0.4, 0.5) is 0 Å². The summed E-state index contributed by atoms with van der Waals surface area (Å²) < 4.78 is 0. The Labute approximate surface area is 124 Å². The number of amides is 1. The molecule has 1 aromatic rings. The van der Waals surface area contributed by atoms with Crippen LogP contribution in [0.25, 0.3) is 0 Å². The third kappa shape index (κ3) is 2.80. The number of hydrogen-bond acceptors (Lipinski definition) is 2. The Morgan fingerprint density at radius 1 is 1.05 bits per heavy atom. The normalized spacial score (nSPS) is 25.2. The van der Waals surface area contributed by atoms with E-state index in [1.54, 1.807) is 12.1 Å². The van der Waals surface area contributed by atoms with Gasteiger partial charge in [0.2, 0.25) is 0 Å². The van der Waals surface area contributed by atoms with E-state index in [0.29, 0.717) is 17.5 Å². The van der Waals surface area contributed by atoms with E-state index in [2.05, 4.69) is 0 Å². The first-order valence-electron chi connectivity index (χ1n) is 7.81. The van der Waals surface area contributed by atoms with Crippen molar-refractivity contribution in [3.63, 3.8) is 0 Å². The molecule has 2 atom stereocenters. The molecule has 0 bridgehead atoms. The third-order valence-electron chi connectivity index (χ3n) is 4.86. The molecular weight excluding hydrogens is 266 g/mol. The van der Waals surface area contributed by atoms with Gasteiger partial charge in [-0.2, -0.15) is 0 Å². The number of aromatic carboxylic acids is 1. The van der Waals surface area contributed by atoms with Gasteiger partial charge in [0.25, 0.3) is 5.91 Å². The summed E-state index contributed by atoms with van der Waals surface area (Å²) in [5.41, 5.74) is 0.680. The van der Waals surface area contributed by atoms with Crippen molar-refractivity contribution in [1.29, 1.82) is 0 Å². The molecule has 1 saturated carbocycles. The van der Waals surface area contributed by atoms with Crippen molar-refractivity contribution in [2.24, 2.45) is 5.92 Å². The molecular formula is C17H21NO3. The second kappa shape index (κ2) is 5.88. The van der Waals surface area contributed by atoms with Gasteiger partial charge in [0.05, 0.1) is 5.56 Å². The maximum atomic E-state index is 12.8. The van der Waals surface area contributed by atoms with E-state index < -0.39 is 5.97 Å². The van der Waals surface area contributed by atoms with Crippen LogP contribution < -0.4 is 0 Å². The lowest BCUT2D eigenvalue weighted by molar-refractivity contribution is 0.0390. The zero-order valence-corrected chi connectivity index (χ0v) is 12.1. The summed E-state index contributed by atoms with van der Waals surface area (Å²) in [4.78, 5) is 25.8. The van der Waals surface area contributed by atoms with Crippen LogP contribution in [-0.2, 0) is 0 Å². The molecule has 1 N–H and O–H groups in total. The summed E-state index contributed by atoms with van der Waals surface area (Å²) in [6.07, 6.45) is 7.07. The monoisotopic (exact) mass is 287 g/mol. The summed E-state index contributed by atoms with van der Waals surface area (Å²) in [6, 6.07) is 6.75. The van der Waals surface area contributed by atoms with E-state index in [0.717, 1.165) is 19.4 Å². The van der Waals surface area contributed by atoms with Gasteiger partial charge >= 0.3 is 5.97 Å². The zero-order chi connectivity index (χ0) is 14.8. The summed E-state index contributed by atoms with van der Waals surface area (Å²) in [5.74, 6) is -0.354. The van der Waals surface area contributed by atoms with E-state index in [1.165, 1.54) is 37.8 Å². The van der Waals surface area contributed by atoms with Crippen LogP contribution in [0.15, 0.2) is 24.3 Å². The van der Waals surface area contributed by atoms with Crippen molar-refractivity contribution >= 4 is 11.9 Å². The molecule has 0 aromatic heterocycles. The smallest absolute Gasteiger partial charge is 0.335 e. The van der Waals surface area contributed by atoms with Gasteiger partial charge in [0.15, 0.2) is 0 Å². The molecule has 1 heterocycles. The molecule has 4 heteroatoms. The molecule has 0 spiro atoms. The van der Waals surface area contributed by atoms with Gasteiger partial charge in [-0.3, -0.25) is 4.79 Å². The maximum Gasteiger partial charge on any atom is 0.335 e. The van der Waals surface area contributed by atoms with Crippen LogP contribution in [0.5, 0.6) is 0 Å². The molecule has 2 fully saturated rings. The maximum absolute atomic E-state index is 12.8. The van der Waals surface area contributed by atoms with Gasteiger partial charge in [0.1, 0.15) is 0 Å². The Balaban J connectivity index is 1.83. The molecule has 1 aromatic carbocycles. The number of hydrogen-bond donors (Lipinski definition) is 1. The number of carboxylic acid groups (broad SMARTS) is 1. The molecule has 112 valence electrons. The van der Waals surface area contributed by atoms with Crippen molar-refractivity contribution in [2.45, 2.75) is 44.6 Å². The molecule has 1 saturated heterocycles. The van der Waals surface area contributed by atoms with Crippen molar-refractivity contribution < 1.29 is 14.7 Å². The topological polar surface area (TPSA) is 57.6 Å². The minimum atomic E-state index is -0.987. The molecule has 21 heavy (non-hydrogen) atoms. The zero-order valence-electron chi connectivity index (χ0n) is 12.1. The van der Waals surface area contributed by atoms with Gasteiger partial charge in [-0.25, -0.2) is 4.79 Å². The van der Waals surface area contributed by atoms with Crippen LogP contribution in [0.1, 0.15) is 59.2 Å². The van der Waals surface area contributed by atoms with Crippen molar-refractivity contribution in [2.75, 3.05) is 6.54 Å². The second-order valence-electron chi connectivity index (χ2n) is 6.14. The van der Waals surface area contributed by atoms with Crippen molar-refractivity contribution in [3.8, 4) is 0 Å². The van der Waals surface area contributed by atoms with Gasteiger partial charge in [-0.15, -0.1) is 0 Å². The minimum Gasteiger partial charge on any atom is -0.478 e. The Morgan fingerprint density at radius 2 is 1.76 bits per heavy atom. The fourth-order valence-corrected chi connectivity index (χ4v) is 3.83. The molecule has 0 radical (unpaired) electrons.